The number of hydrogen-bond donors (Lipinski definition) is 1. The van der Waals surface area contributed by atoms with E-state index >= 15 is 0 Å². The van der Waals surface area contributed by atoms with E-state index in [0.717, 1.165) is 32.0 Å². The number of amides is 1. The maximum atomic E-state index is 13.8. The third-order valence-electron chi connectivity index (χ3n) is 4.59. The molecule has 0 bridgehead atoms. The van der Waals surface area contributed by atoms with E-state index in [2.05, 4.69) is 10.4 Å². The lowest BCUT2D eigenvalue weighted by Gasteiger charge is -2.28. The Kier molecular flexibility index (Phi) is 5.91. The lowest BCUT2D eigenvalue weighted by molar-refractivity contribution is -0.671. The fourth-order valence-corrected chi connectivity index (χ4v) is 4.00. The SMILES string of the molecule is C[n+]1cccc(C(=O)Oc2cc(F)ccc2/C=C2\SC(N3CCCCN3)=NC2=O)c1. The van der Waals surface area contributed by atoms with Crippen molar-refractivity contribution in [2.45, 2.75) is 12.8 Å². The highest BCUT2D eigenvalue weighted by atomic mass is 32.2. The number of pyridine rings is 1. The van der Waals surface area contributed by atoms with Crippen molar-refractivity contribution >= 4 is 34.9 Å². The number of nitrogens with zero attached hydrogens (tertiary/aromatic N) is 3. The van der Waals surface area contributed by atoms with Gasteiger partial charge < -0.3 is 4.74 Å². The van der Waals surface area contributed by atoms with Gasteiger partial charge in [-0.1, -0.05) is 0 Å². The molecule has 1 N–H and O–H groups in total. The van der Waals surface area contributed by atoms with Crippen LogP contribution in [0.4, 0.5) is 4.39 Å². The van der Waals surface area contributed by atoms with Crippen molar-refractivity contribution in [1.29, 1.82) is 0 Å². The van der Waals surface area contributed by atoms with Crippen LogP contribution in [0.1, 0.15) is 28.8 Å². The molecular weight excluding hydrogens is 407 g/mol. The first-order valence-corrected chi connectivity index (χ1v) is 10.3. The van der Waals surface area contributed by atoms with Gasteiger partial charge in [0.25, 0.3) is 5.91 Å². The van der Waals surface area contributed by atoms with E-state index in [0.29, 0.717) is 21.2 Å². The zero-order chi connectivity index (χ0) is 21.1. The van der Waals surface area contributed by atoms with Gasteiger partial charge in [0, 0.05) is 30.8 Å². The molecule has 2 aliphatic heterocycles. The van der Waals surface area contributed by atoms with Crippen molar-refractivity contribution in [2.75, 3.05) is 13.1 Å². The molecule has 1 fully saturated rings. The van der Waals surface area contributed by atoms with Gasteiger partial charge in [-0.05, 0) is 48.9 Å². The number of nitrogens with one attached hydrogen (secondary N) is 1. The number of halogens is 1. The summed E-state index contributed by atoms with van der Waals surface area (Å²) >= 11 is 1.24. The average molecular weight is 427 g/mol. The molecule has 2 aliphatic rings. The Morgan fingerprint density at radius 2 is 2.23 bits per heavy atom. The van der Waals surface area contributed by atoms with E-state index in [4.69, 9.17) is 4.74 Å². The Bertz CT molecular complexity index is 1060. The molecule has 7 nitrogen and oxygen atoms in total. The van der Waals surface area contributed by atoms with Crippen molar-refractivity contribution in [3.8, 4) is 5.75 Å². The van der Waals surface area contributed by atoms with Crippen LogP contribution in [0.15, 0.2) is 52.6 Å². The summed E-state index contributed by atoms with van der Waals surface area (Å²) in [4.78, 5) is 29.4. The average Bonchev–Trinajstić information content (AvgIpc) is 3.11. The van der Waals surface area contributed by atoms with Crippen molar-refractivity contribution in [2.24, 2.45) is 12.0 Å². The summed E-state index contributed by atoms with van der Waals surface area (Å²) in [6, 6.07) is 7.19. The van der Waals surface area contributed by atoms with Gasteiger partial charge in [0.05, 0.1) is 4.91 Å². The van der Waals surface area contributed by atoms with Crippen LogP contribution in [0.3, 0.4) is 0 Å². The van der Waals surface area contributed by atoms with Gasteiger partial charge in [-0.2, -0.15) is 4.99 Å². The third kappa shape index (κ3) is 4.58. The summed E-state index contributed by atoms with van der Waals surface area (Å²) in [6.07, 6.45) is 7.07. The fraction of sp³-hybridized carbons (Fsp3) is 0.238. The number of hydrazine groups is 1. The third-order valence-corrected chi connectivity index (χ3v) is 5.60. The molecule has 9 heteroatoms. The summed E-state index contributed by atoms with van der Waals surface area (Å²) in [6.45, 7) is 1.61. The number of aliphatic imine (C=N–C) groups is 1. The van der Waals surface area contributed by atoms with E-state index in [1.165, 1.54) is 23.9 Å². The van der Waals surface area contributed by atoms with Crippen LogP contribution < -0.4 is 14.7 Å². The molecule has 1 aromatic carbocycles. The number of amidine groups is 1. The van der Waals surface area contributed by atoms with Crippen molar-refractivity contribution in [3.05, 3.63) is 64.6 Å². The number of aryl methyl sites for hydroxylation is 1. The molecular formula is C21H20FN4O3S+. The zero-order valence-electron chi connectivity index (χ0n) is 16.3. The van der Waals surface area contributed by atoms with Crippen molar-refractivity contribution in [3.63, 3.8) is 0 Å². The van der Waals surface area contributed by atoms with E-state index in [-0.39, 0.29) is 11.7 Å². The molecule has 4 rings (SSSR count). The summed E-state index contributed by atoms with van der Waals surface area (Å²) < 4.78 is 21.0. The largest absolute Gasteiger partial charge is 0.422 e. The van der Waals surface area contributed by atoms with Crippen LogP contribution in [0.2, 0.25) is 0 Å². The molecule has 0 saturated carbocycles. The normalized spacial score (nSPS) is 17.9. The van der Waals surface area contributed by atoms with Gasteiger partial charge in [-0.25, -0.2) is 19.2 Å². The molecule has 30 heavy (non-hydrogen) atoms. The minimum absolute atomic E-state index is 0.0388. The summed E-state index contributed by atoms with van der Waals surface area (Å²) in [7, 11) is 1.78. The number of aromatic nitrogens is 1. The second-order valence-electron chi connectivity index (χ2n) is 6.91. The van der Waals surface area contributed by atoms with Crippen LogP contribution in [0.25, 0.3) is 6.08 Å². The van der Waals surface area contributed by atoms with E-state index in [1.54, 1.807) is 42.2 Å². The first kappa shape index (κ1) is 20.2. The van der Waals surface area contributed by atoms with Crippen LogP contribution in [0.5, 0.6) is 5.75 Å². The Hall–Kier alpha value is -3.04. The van der Waals surface area contributed by atoms with Crippen LogP contribution >= 0.6 is 11.8 Å². The monoisotopic (exact) mass is 427 g/mol. The van der Waals surface area contributed by atoms with Gasteiger partial charge in [0.15, 0.2) is 17.6 Å². The van der Waals surface area contributed by atoms with Crippen molar-refractivity contribution in [1.82, 2.24) is 10.4 Å². The molecule has 0 spiro atoms. The minimum atomic E-state index is -0.615. The standard InChI is InChI=1S/C21H20FN4O3S/c1-25-9-4-5-15(13-25)20(28)29-17-12-16(22)7-6-14(17)11-18-19(27)24-21(30-18)26-10-3-2-8-23-26/h4-7,9,11-13,23H,2-3,8,10H2,1H3/q+1/b18-11-. The minimum Gasteiger partial charge on any atom is -0.422 e. The Balaban J connectivity index is 1.56. The maximum absolute atomic E-state index is 13.8. The lowest BCUT2D eigenvalue weighted by atomic mass is 10.1. The smallest absolute Gasteiger partial charge is 0.349 e. The predicted octanol–water partition coefficient (Wildman–Crippen LogP) is 2.44. The number of ether oxygens (including phenoxy) is 1. The van der Waals surface area contributed by atoms with Gasteiger partial charge >= 0.3 is 5.97 Å². The highest BCUT2D eigenvalue weighted by Crippen LogP contribution is 2.33. The van der Waals surface area contributed by atoms with Gasteiger partial charge in [0.1, 0.15) is 24.2 Å². The summed E-state index contributed by atoms with van der Waals surface area (Å²) in [5, 5.41) is 2.46. The van der Waals surface area contributed by atoms with Gasteiger partial charge in [-0.15, -0.1) is 0 Å². The Morgan fingerprint density at radius 1 is 1.37 bits per heavy atom. The molecule has 3 heterocycles. The van der Waals surface area contributed by atoms with Crippen molar-refractivity contribution < 1.29 is 23.3 Å². The number of thioether (sulfide) groups is 1. The van der Waals surface area contributed by atoms with Crippen LogP contribution in [-0.4, -0.2) is 35.1 Å². The predicted molar refractivity (Wildman–Crippen MR) is 111 cm³/mol. The number of carbonyl (C=O) groups is 2. The molecule has 0 unspecified atom stereocenters. The Labute approximate surface area is 177 Å². The number of hydrogen-bond acceptors (Lipinski definition) is 6. The first-order chi connectivity index (χ1) is 14.5. The number of rotatable bonds is 3. The summed E-state index contributed by atoms with van der Waals surface area (Å²) in [5.74, 6) is -1.49. The van der Waals surface area contributed by atoms with E-state index in [1.807, 2.05) is 5.01 Å². The van der Waals surface area contributed by atoms with Gasteiger partial charge in [0.2, 0.25) is 0 Å². The molecule has 1 aromatic heterocycles. The van der Waals surface area contributed by atoms with Crippen LogP contribution in [0, 0.1) is 5.82 Å². The number of esters is 1. The van der Waals surface area contributed by atoms with Gasteiger partial charge in [-0.3, -0.25) is 9.80 Å². The highest BCUT2D eigenvalue weighted by molar-refractivity contribution is 8.18. The molecule has 1 saturated heterocycles. The molecule has 0 atom stereocenters. The molecule has 0 aliphatic carbocycles. The zero-order valence-corrected chi connectivity index (χ0v) is 17.1. The molecule has 1 amide bonds. The second-order valence-corrected chi connectivity index (χ2v) is 7.92. The maximum Gasteiger partial charge on any atom is 0.349 e. The molecule has 154 valence electrons. The highest BCUT2D eigenvalue weighted by Gasteiger charge is 2.27. The van der Waals surface area contributed by atoms with E-state index in [9.17, 15) is 14.0 Å². The second kappa shape index (κ2) is 8.76. The molecule has 2 aromatic rings. The Morgan fingerprint density at radius 3 is 3.00 bits per heavy atom. The van der Waals surface area contributed by atoms with E-state index < -0.39 is 11.8 Å². The lowest BCUT2D eigenvalue weighted by Crippen LogP contribution is -2.45. The first-order valence-electron chi connectivity index (χ1n) is 9.50. The number of carbonyl (C=O) groups excluding carboxylic acids is 2. The molecule has 0 radical (unpaired) electrons. The van der Waals surface area contributed by atoms with Crippen LogP contribution in [-0.2, 0) is 11.8 Å². The quantitative estimate of drug-likeness (QED) is 0.351. The topological polar surface area (TPSA) is 74.9 Å². The summed E-state index contributed by atoms with van der Waals surface area (Å²) in [5.41, 5.74) is 3.96. The fourth-order valence-electron chi connectivity index (χ4n) is 3.09. The number of benzene rings is 1.